The molecule has 0 saturated carbocycles. The Balaban J connectivity index is 2.35. The van der Waals surface area contributed by atoms with E-state index in [9.17, 15) is 5.11 Å². The van der Waals surface area contributed by atoms with Crippen LogP contribution in [0.4, 0.5) is 0 Å². The highest BCUT2D eigenvalue weighted by Gasteiger charge is 2.12. The van der Waals surface area contributed by atoms with Crippen LogP contribution in [0.1, 0.15) is 25.0 Å². The average molecular weight is 253 g/mol. The van der Waals surface area contributed by atoms with Crippen LogP contribution < -0.4 is 0 Å². The van der Waals surface area contributed by atoms with Gasteiger partial charge < -0.3 is 10.0 Å². The van der Waals surface area contributed by atoms with Crippen LogP contribution >= 0.6 is 11.8 Å². The Kier molecular flexibility index (Phi) is 6.63. The fourth-order valence-corrected chi connectivity index (χ4v) is 2.49. The van der Waals surface area contributed by atoms with E-state index in [4.69, 9.17) is 0 Å². The van der Waals surface area contributed by atoms with Gasteiger partial charge in [0.05, 0.1) is 6.10 Å². The van der Waals surface area contributed by atoms with E-state index in [0.29, 0.717) is 6.04 Å². The van der Waals surface area contributed by atoms with Gasteiger partial charge in [0, 0.05) is 18.3 Å². The van der Waals surface area contributed by atoms with Crippen molar-refractivity contribution >= 4 is 11.8 Å². The predicted molar refractivity (Wildman–Crippen MR) is 76.5 cm³/mol. The Morgan fingerprint density at radius 1 is 1.29 bits per heavy atom. The molecule has 0 aromatic heterocycles. The van der Waals surface area contributed by atoms with Crippen LogP contribution in [-0.2, 0) is 0 Å². The number of hydrogen-bond donors (Lipinski definition) is 1. The maximum absolute atomic E-state index is 10.0. The van der Waals surface area contributed by atoms with E-state index in [0.717, 1.165) is 24.3 Å². The third-order valence-corrected chi connectivity index (χ3v) is 3.92. The minimum Gasteiger partial charge on any atom is -0.388 e. The molecule has 2 unspecified atom stereocenters. The number of thioether (sulfide) groups is 1. The van der Waals surface area contributed by atoms with Gasteiger partial charge in [-0.05, 0) is 32.2 Å². The lowest BCUT2D eigenvalue weighted by Crippen LogP contribution is -2.32. The summed E-state index contributed by atoms with van der Waals surface area (Å²) < 4.78 is 0. The zero-order chi connectivity index (χ0) is 12.7. The molecule has 0 amide bonds. The lowest BCUT2D eigenvalue weighted by atomic mass is 10.1. The number of hydrogen-bond acceptors (Lipinski definition) is 3. The highest BCUT2D eigenvalue weighted by atomic mass is 32.2. The summed E-state index contributed by atoms with van der Waals surface area (Å²) in [6, 6.07) is 10.4. The van der Waals surface area contributed by atoms with E-state index in [-0.39, 0.29) is 6.10 Å². The molecule has 1 rings (SSSR count). The maximum Gasteiger partial charge on any atom is 0.0802 e. The van der Waals surface area contributed by atoms with Crippen LogP contribution in [0.5, 0.6) is 0 Å². The first kappa shape index (κ1) is 14.6. The number of rotatable bonds is 7. The molecule has 1 aromatic rings. The minimum absolute atomic E-state index is 0.347. The molecular formula is C14H23NOS. The average Bonchev–Trinajstić information content (AvgIpc) is 2.36. The molecule has 0 bridgehead atoms. The normalized spacial score (nSPS) is 14.9. The second kappa shape index (κ2) is 7.75. The monoisotopic (exact) mass is 253 g/mol. The summed E-state index contributed by atoms with van der Waals surface area (Å²) in [5, 5.41) is 10.0. The van der Waals surface area contributed by atoms with Crippen LogP contribution in [-0.4, -0.2) is 41.6 Å². The van der Waals surface area contributed by atoms with Crippen molar-refractivity contribution < 1.29 is 5.11 Å². The molecule has 2 nitrogen and oxygen atoms in total. The van der Waals surface area contributed by atoms with E-state index >= 15 is 0 Å². The van der Waals surface area contributed by atoms with Gasteiger partial charge >= 0.3 is 0 Å². The summed E-state index contributed by atoms with van der Waals surface area (Å²) in [6.45, 7) is 3.16. The molecule has 0 aliphatic rings. The maximum atomic E-state index is 10.0. The van der Waals surface area contributed by atoms with Gasteiger partial charge in [-0.15, -0.1) is 0 Å². The molecule has 2 atom stereocenters. The number of nitrogens with zero attached hydrogens (tertiary/aromatic N) is 1. The smallest absolute Gasteiger partial charge is 0.0802 e. The molecule has 17 heavy (non-hydrogen) atoms. The fourth-order valence-electron chi connectivity index (χ4n) is 1.76. The predicted octanol–water partition coefficient (Wildman–Crippen LogP) is 2.79. The van der Waals surface area contributed by atoms with Gasteiger partial charge in [-0.1, -0.05) is 30.3 Å². The number of benzene rings is 1. The van der Waals surface area contributed by atoms with Gasteiger partial charge in [-0.2, -0.15) is 11.8 Å². The van der Waals surface area contributed by atoms with Crippen molar-refractivity contribution in [2.45, 2.75) is 25.5 Å². The number of aliphatic hydroxyl groups is 1. The lowest BCUT2D eigenvalue weighted by Gasteiger charge is -2.25. The van der Waals surface area contributed by atoms with Gasteiger partial charge in [0.15, 0.2) is 0 Å². The molecule has 0 fully saturated rings. The van der Waals surface area contributed by atoms with Crippen molar-refractivity contribution in [1.82, 2.24) is 4.90 Å². The fraction of sp³-hybridized carbons (Fsp3) is 0.571. The van der Waals surface area contributed by atoms with E-state index in [1.807, 2.05) is 42.1 Å². The lowest BCUT2D eigenvalue weighted by molar-refractivity contribution is 0.142. The van der Waals surface area contributed by atoms with Crippen molar-refractivity contribution in [3.63, 3.8) is 0 Å². The Morgan fingerprint density at radius 2 is 1.94 bits per heavy atom. The topological polar surface area (TPSA) is 23.5 Å². The summed E-state index contributed by atoms with van der Waals surface area (Å²) in [5.74, 6) is 1.14. The van der Waals surface area contributed by atoms with Crippen LogP contribution in [0.3, 0.4) is 0 Å². The first-order valence-electron chi connectivity index (χ1n) is 6.07. The Labute approximate surface area is 109 Å². The Hall–Kier alpha value is -0.510. The molecule has 0 saturated heterocycles. The second-order valence-electron chi connectivity index (χ2n) is 4.50. The molecule has 96 valence electrons. The quantitative estimate of drug-likeness (QED) is 0.808. The summed E-state index contributed by atoms with van der Waals surface area (Å²) in [6.07, 6.45) is 2.57. The SMILES string of the molecule is CSCC(C)N(C)CCC(O)c1ccccc1. The number of aliphatic hydroxyl groups excluding tert-OH is 1. The highest BCUT2D eigenvalue weighted by molar-refractivity contribution is 7.98. The Bertz CT molecular complexity index is 304. The standard InChI is InChI=1S/C14H23NOS/c1-12(11-17-3)15(2)10-9-14(16)13-7-5-4-6-8-13/h4-8,12,14,16H,9-11H2,1-3H3. The van der Waals surface area contributed by atoms with Crippen molar-refractivity contribution in [2.24, 2.45) is 0 Å². The van der Waals surface area contributed by atoms with Gasteiger partial charge in [0.1, 0.15) is 0 Å². The van der Waals surface area contributed by atoms with Crippen molar-refractivity contribution in [1.29, 1.82) is 0 Å². The molecule has 1 N–H and O–H groups in total. The summed E-state index contributed by atoms with van der Waals surface area (Å²) >= 11 is 1.86. The minimum atomic E-state index is -0.347. The zero-order valence-electron chi connectivity index (χ0n) is 11.0. The third-order valence-electron chi connectivity index (χ3n) is 3.10. The van der Waals surface area contributed by atoms with E-state index < -0.39 is 0 Å². The van der Waals surface area contributed by atoms with E-state index in [1.165, 1.54) is 0 Å². The highest BCUT2D eigenvalue weighted by Crippen LogP contribution is 2.16. The van der Waals surface area contributed by atoms with Crippen molar-refractivity contribution in [3.8, 4) is 0 Å². The molecule has 3 heteroatoms. The van der Waals surface area contributed by atoms with Gasteiger partial charge in [-0.3, -0.25) is 0 Å². The zero-order valence-corrected chi connectivity index (χ0v) is 11.8. The van der Waals surface area contributed by atoms with Crippen molar-refractivity contribution in [3.05, 3.63) is 35.9 Å². The van der Waals surface area contributed by atoms with Gasteiger partial charge in [0.2, 0.25) is 0 Å². The first-order chi connectivity index (χ1) is 8.15. The second-order valence-corrected chi connectivity index (χ2v) is 5.41. The van der Waals surface area contributed by atoms with E-state index in [2.05, 4.69) is 25.1 Å². The summed E-state index contributed by atoms with van der Waals surface area (Å²) in [4.78, 5) is 2.31. The third kappa shape index (κ3) is 5.11. The Morgan fingerprint density at radius 3 is 2.53 bits per heavy atom. The van der Waals surface area contributed by atoms with Crippen LogP contribution in [0.25, 0.3) is 0 Å². The van der Waals surface area contributed by atoms with Crippen molar-refractivity contribution in [2.75, 3.05) is 25.6 Å². The molecule has 0 spiro atoms. The van der Waals surface area contributed by atoms with Crippen LogP contribution in [0.15, 0.2) is 30.3 Å². The molecule has 0 aliphatic carbocycles. The largest absolute Gasteiger partial charge is 0.388 e. The molecule has 1 aromatic carbocycles. The van der Waals surface area contributed by atoms with Crippen LogP contribution in [0.2, 0.25) is 0 Å². The molecule has 0 heterocycles. The molecule has 0 radical (unpaired) electrons. The van der Waals surface area contributed by atoms with Gasteiger partial charge in [-0.25, -0.2) is 0 Å². The molecule has 0 aliphatic heterocycles. The summed E-state index contributed by atoms with van der Waals surface area (Å²) in [5.41, 5.74) is 1.01. The first-order valence-corrected chi connectivity index (χ1v) is 7.46. The molecular weight excluding hydrogens is 230 g/mol. The summed E-state index contributed by atoms with van der Waals surface area (Å²) in [7, 11) is 2.12. The van der Waals surface area contributed by atoms with Gasteiger partial charge in [0.25, 0.3) is 0 Å². The van der Waals surface area contributed by atoms with Crippen LogP contribution in [0, 0.1) is 0 Å². The van der Waals surface area contributed by atoms with E-state index in [1.54, 1.807) is 0 Å².